The van der Waals surface area contributed by atoms with E-state index >= 15 is 0 Å². The summed E-state index contributed by atoms with van der Waals surface area (Å²) in [7, 11) is 0. The molecular weight excluding hydrogens is 339 g/mol. The van der Waals surface area contributed by atoms with Gasteiger partial charge in [0, 0.05) is 22.9 Å². The molecule has 1 amide bonds. The maximum absolute atomic E-state index is 13.7. The van der Waals surface area contributed by atoms with E-state index in [4.69, 9.17) is 5.73 Å². The van der Waals surface area contributed by atoms with Crippen LogP contribution in [0.5, 0.6) is 0 Å². The predicted molar refractivity (Wildman–Crippen MR) is 106 cm³/mol. The first kappa shape index (κ1) is 17.3. The molecule has 0 saturated carbocycles. The van der Waals surface area contributed by atoms with Gasteiger partial charge in [-0.15, -0.1) is 0 Å². The average Bonchev–Trinajstić information content (AvgIpc) is 2.95. The standard InChI is InChI=1S/C23H20FN2O/c1-2-5-15-10-11-18-21(13-15)26(14-16-6-3-7-17(24)12-16)20-9-4-8-19(22(18)20)23(25)27/h3-4,6-10,12-13H,2,5,14H2,1H3,(H2,25,27). The number of fused-ring (bicyclic) bond motifs is 3. The van der Waals surface area contributed by atoms with E-state index < -0.39 is 5.91 Å². The molecule has 0 atom stereocenters. The number of carbonyl (C=O) groups is 1. The highest BCUT2D eigenvalue weighted by Gasteiger charge is 2.17. The molecule has 1 heterocycles. The van der Waals surface area contributed by atoms with Crippen molar-refractivity contribution in [3.05, 3.63) is 83.2 Å². The van der Waals surface area contributed by atoms with Gasteiger partial charge in [0.2, 0.25) is 5.91 Å². The number of carbonyl (C=O) groups excluding carboxylic acids is 1. The molecule has 2 N–H and O–H groups in total. The Bertz CT molecular complexity index is 1160. The molecule has 135 valence electrons. The van der Waals surface area contributed by atoms with Crippen LogP contribution in [0.2, 0.25) is 0 Å². The van der Waals surface area contributed by atoms with Crippen molar-refractivity contribution in [3.63, 3.8) is 0 Å². The number of amides is 1. The molecule has 0 aliphatic heterocycles. The van der Waals surface area contributed by atoms with E-state index in [2.05, 4.69) is 23.6 Å². The molecule has 1 radical (unpaired) electrons. The Balaban J connectivity index is 2.02. The third kappa shape index (κ3) is 3.08. The maximum Gasteiger partial charge on any atom is 0.249 e. The molecule has 0 spiro atoms. The fourth-order valence-electron chi connectivity index (χ4n) is 3.73. The Labute approximate surface area is 157 Å². The zero-order valence-electron chi connectivity index (χ0n) is 15.1. The van der Waals surface area contributed by atoms with Crippen molar-refractivity contribution in [2.75, 3.05) is 0 Å². The Hall–Kier alpha value is -3.14. The Morgan fingerprint density at radius 2 is 1.93 bits per heavy atom. The molecule has 3 aromatic carbocycles. The third-order valence-corrected chi connectivity index (χ3v) is 4.89. The van der Waals surface area contributed by atoms with Crippen LogP contribution < -0.4 is 5.73 Å². The van der Waals surface area contributed by atoms with Gasteiger partial charge in [-0.2, -0.15) is 0 Å². The number of aromatic nitrogens is 1. The van der Waals surface area contributed by atoms with E-state index in [0.29, 0.717) is 12.1 Å². The van der Waals surface area contributed by atoms with Gasteiger partial charge in [-0.05, 0) is 53.9 Å². The first-order valence-electron chi connectivity index (χ1n) is 9.08. The molecule has 0 unspecified atom stereocenters. The lowest BCUT2D eigenvalue weighted by atomic mass is 10.0. The highest BCUT2D eigenvalue weighted by atomic mass is 19.1. The molecule has 3 nitrogen and oxygen atoms in total. The zero-order valence-corrected chi connectivity index (χ0v) is 15.1. The Kier molecular flexibility index (Phi) is 4.40. The van der Waals surface area contributed by atoms with Crippen molar-refractivity contribution < 1.29 is 9.18 Å². The van der Waals surface area contributed by atoms with Gasteiger partial charge in [0.05, 0.1) is 11.0 Å². The van der Waals surface area contributed by atoms with Crippen LogP contribution in [-0.2, 0) is 13.0 Å². The smallest absolute Gasteiger partial charge is 0.249 e. The topological polar surface area (TPSA) is 48.0 Å². The minimum atomic E-state index is -0.462. The van der Waals surface area contributed by atoms with Crippen molar-refractivity contribution in [3.8, 4) is 0 Å². The predicted octanol–water partition coefficient (Wildman–Crippen LogP) is 4.83. The number of nitrogens with two attached hydrogens (primary N) is 1. The van der Waals surface area contributed by atoms with Gasteiger partial charge in [0.15, 0.2) is 0 Å². The number of benzene rings is 3. The highest BCUT2D eigenvalue weighted by molar-refractivity contribution is 6.17. The summed E-state index contributed by atoms with van der Waals surface area (Å²) in [6.45, 7) is 2.64. The van der Waals surface area contributed by atoms with Crippen LogP contribution in [0.4, 0.5) is 4.39 Å². The fourth-order valence-corrected chi connectivity index (χ4v) is 3.73. The second-order valence-corrected chi connectivity index (χ2v) is 6.80. The minimum Gasteiger partial charge on any atom is -0.366 e. The highest BCUT2D eigenvalue weighted by Crippen LogP contribution is 2.33. The molecule has 1 aromatic heterocycles. The number of nitrogens with zero attached hydrogens (tertiary/aromatic N) is 1. The molecule has 0 aliphatic carbocycles. The second kappa shape index (κ2) is 6.88. The van der Waals surface area contributed by atoms with E-state index in [0.717, 1.165) is 40.2 Å². The van der Waals surface area contributed by atoms with Gasteiger partial charge in [0.1, 0.15) is 5.82 Å². The molecule has 4 rings (SSSR count). The lowest BCUT2D eigenvalue weighted by Crippen LogP contribution is -2.11. The van der Waals surface area contributed by atoms with Crippen molar-refractivity contribution in [1.82, 2.24) is 4.57 Å². The summed E-state index contributed by atoms with van der Waals surface area (Å²) in [5.74, 6) is -0.722. The van der Waals surface area contributed by atoms with E-state index in [1.165, 1.54) is 17.7 Å². The van der Waals surface area contributed by atoms with Crippen molar-refractivity contribution >= 4 is 27.7 Å². The van der Waals surface area contributed by atoms with Gasteiger partial charge in [-0.3, -0.25) is 4.79 Å². The summed E-state index contributed by atoms with van der Waals surface area (Å²) < 4.78 is 15.8. The summed E-state index contributed by atoms with van der Waals surface area (Å²) in [6, 6.07) is 19.6. The molecule has 4 aromatic rings. The zero-order chi connectivity index (χ0) is 19.0. The quantitative estimate of drug-likeness (QED) is 0.545. The van der Waals surface area contributed by atoms with E-state index in [1.807, 2.05) is 24.3 Å². The number of primary amides is 1. The van der Waals surface area contributed by atoms with Gasteiger partial charge in [-0.1, -0.05) is 37.6 Å². The SMILES string of the molecule is CCCc1c[c]c2c3c(C(N)=O)cccc3n(Cc3cccc(F)c3)c2c1. The summed E-state index contributed by atoms with van der Waals surface area (Å²) in [4.78, 5) is 12.0. The average molecular weight is 359 g/mol. The van der Waals surface area contributed by atoms with Crippen LogP contribution in [0.25, 0.3) is 21.8 Å². The van der Waals surface area contributed by atoms with Crippen LogP contribution in [0, 0.1) is 11.9 Å². The van der Waals surface area contributed by atoms with Crippen LogP contribution in [0.3, 0.4) is 0 Å². The van der Waals surface area contributed by atoms with Crippen LogP contribution in [0.15, 0.2) is 54.6 Å². The monoisotopic (exact) mass is 359 g/mol. The van der Waals surface area contributed by atoms with Gasteiger partial charge >= 0.3 is 0 Å². The number of halogens is 1. The van der Waals surface area contributed by atoms with Crippen molar-refractivity contribution in [1.29, 1.82) is 0 Å². The van der Waals surface area contributed by atoms with Gasteiger partial charge in [0.25, 0.3) is 0 Å². The fraction of sp³-hybridized carbons (Fsp3) is 0.174. The molecule has 0 saturated heterocycles. The number of hydrogen-bond acceptors (Lipinski definition) is 1. The van der Waals surface area contributed by atoms with E-state index in [9.17, 15) is 9.18 Å². The summed E-state index contributed by atoms with van der Waals surface area (Å²) >= 11 is 0. The minimum absolute atomic E-state index is 0.260. The Morgan fingerprint density at radius 3 is 2.67 bits per heavy atom. The molecule has 0 bridgehead atoms. The normalized spacial score (nSPS) is 11.3. The van der Waals surface area contributed by atoms with Gasteiger partial charge < -0.3 is 10.3 Å². The first-order chi connectivity index (χ1) is 13.1. The molecule has 4 heteroatoms. The summed E-state index contributed by atoms with van der Waals surface area (Å²) in [5.41, 5.74) is 10.0. The summed E-state index contributed by atoms with van der Waals surface area (Å²) in [6.07, 6.45) is 1.99. The first-order valence-corrected chi connectivity index (χ1v) is 9.08. The largest absolute Gasteiger partial charge is 0.366 e. The van der Waals surface area contributed by atoms with Gasteiger partial charge in [-0.25, -0.2) is 4.39 Å². The maximum atomic E-state index is 13.7. The lowest BCUT2D eigenvalue weighted by molar-refractivity contribution is 0.100. The van der Waals surface area contributed by atoms with E-state index in [-0.39, 0.29) is 5.82 Å². The molecule has 0 fully saturated rings. The molecule has 27 heavy (non-hydrogen) atoms. The number of hydrogen-bond donors (Lipinski definition) is 1. The number of rotatable bonds is 5. The molecule has 0 aliphatic rings. The Morgan fingerprint density at radius 1 is 1.11 bits per heavy atom. The van der Waals surface area contributed by atoms with Crippen LogP contribution in [-0.4, -0.2) is 10.5 Å². The van der Waals surface area contributed by atoms with Crippen LogP contribution in [0.1, 0.15) is 34.8 Å². The second-order valence-electron chi connectivity index (χ2n) is 6.80. The third-order valence-electron chi connectivity index (χ3n) is 4.89. The van der Waals surface area contributed by atoms with Crippen LogP contribution >= 0.6 is 0 Å². The van der Waals surface area contributed by atoms with Crippen molar-refractivity contribution in [2.24, 2.45) is 5.73 Å². The lowest BCUT2D eigenvalue weighted by Gasteiger charge is -2.09. The molecular formula is C23H20FN2O. The number of aryl methyl sites for hydroxylation is 1. The van der Waals surface area contributed by atoms with E-state index in [1.54, 1.807) is 12.1 Å². The summed E-state index contributed by atoms with van der Waals surface area (Å²) in [5, 5.41) is 1.68. The van der Waals surface area contributed by atoms with Crippen molar-refractivity contribution in [2.45, 2.75) is 26.3 Å².